The molecule has 0 bridgehead atoms. The van der Waals surface area contributed by atoms with Crippen LogP contribution in [-0.4, -0.2) is 83.8 Å². The Morgan fingerprint density at radius 1 is 0.745 bits per heavy atom. The first-order chi connectivity index (χ1) is 25.9. The Morgan fingerprint density at radius 3 is 1.87 bits per heavy atom. The molecule has 2 aromatic carbocycles. The van der Waals surface area contributed by atoms with Crippen LogP contribution in [0.5, 0.6) is 0 Å². The Bertz CT molecular complexity index is 1500. The number of hydrogen-bond acceptors (Lipinski definition) is 7. The van der Waals surface area contributed by atoms with Gasteiger partial charge < -0.3 is 25.4 Å². The maximum absolute atomic E-state index is 14.1. The smallest absolute Gasteiger partial charge is 0.326 e. The quantitative estimate of drug-likeness (QED) is 0.0646. The number of carboxylic acid groups (broad SMARTS) is 1. The Morgan fingerprint density at radius 2 is 1.33 bits per heavy atom. The molecule has 0 saturated carbocycles. The van der Waals surface area contributed by atoms with E-state index in [0.29, 0.717) is 31.2 Å². The molecule has 55 heavy (non-hydrogen) atoms. The van der Waals surface area contributed by atoms with Gasteiger partial charge in [-0.25, -0.2) is 4.79 Å². The minimum absolute atomic E-state index is 0.0257. The molecule has 0 fully saturated rings. The highest BCUT2D eigenvalue weighted by atomic mass is 16.5. The SMILES string of the molecule is CCCCC[C@H](NC(=O)[C@H](C)CC(=O)[C@@H](NC(=O)[C@H](CCCCN(C)C)CC(=O)c1ccc(-c2ccc(CCCC)cc2)cc1)C(C)OC(C)(C)C)C(=O)O. The average molecular weight is 764 g/mol. The molecular weight excluding hydrogens is 695 g/mol. The molecule has 0 heterocycles. The van der Waals surface area contributed by atoms with Crippen LogP contribution in [0.25, 0.3) is 11.1 Å². The summed E-state index contributed by atoms with van der Waals surface area (Å²) in [5.74, 6) is -4.17. The molecule has 0 saturated heterocycles. The standard InChI is InChI=1S/C45H69N3O7/c1-10-12-14-19-38(44(53)54)46-42(51)31(3)29-40(50)41(32(4)55-45(5,6)7)47-43(52)37(18-15-16-28-48(8)9)30-39(49)36-26-24-35(25-27-36)34-22-20-33(21-23-34)17-13-11-2/h20-27,31-32,37-38,41H,10-19,28-30H2,1-9H3,(H,46,51)(H,47,52)(H,53,54)/t31-,32?,37-,38+,41+/m1/s1. The second-order valence-electron chi connectivity index (χ2n) is 16.4. The molecule has 2 amide bonds. The minimum Gasteiger partial charge on any atom is -0.480 e. The molecule has 5 atom stereocenters. The molecular formula is C45H69N3O7. The highest BCUT2D eigenvalue weighted by Gasteiger charge is 2.35. The van der Waals surface area contributed by atoms with Crippen LogP contribution in [0, 0.1) is 11.8 Å². The van der Waals surface area contributed by atoms with Gasteiger partial charge >= 0.3 is 5.97 Å². The van der Waals surface area contributed by atoms with Crippen molar-refractivity contribution in [1.82, 2.24) is 15.5 Å². The fraction of sp³-hybridized carbons (Fsp3) is 0.622. The first kappa shape index (κ1) is 47.3. The molecule has 2 rings (SSSR count). The van der Waals surface area contributed by atoms with Crippen molar-refractivity contribution in [3.63, 3.8) is 0 Å². The molecule has 306 valence electrons. The lowest BCUT2D eigenvalue weighted by Crippen LogP contribution is -2.53. The van der Waals surface area contributed by atoms with Crippen LogP contribution in [0.3, 0.4) is 0 Å². The summed E-state index contributed by atoms with van der Waals surface area (Å²) < 4.78 is 6.15. The lowest BCUT2D eigenvalue weighted by atomic mass is 9.90. The third-order valence-electron chi connectivity index (χ3n) is 9.84. The molecule has 0 spiro atoms. The van der Waals surface area contributed by atoms with E-state index >= 15 is 0 Å². The molecule has 0 aliphatic heterocycles. The molecule has 1 unspecified atom stereocenters. The first-order valence-corrected chi connectivity index (χ1v) is 20.4. The predicted molar refractivity (Wildman–Crippen MR) is 220 cm³/mol. The van der Waals surface area contributed by atoms with Gasteiger partial charge in [-0.15, -0.1) is 0 Å². The lowest BCUT2D eigenvalue weighted by molar-refractivity contribution is -0.143. The number of carbonyl (C=O) groups excluding carboxylic acids is 4. The van der Waals surface area contributed by atoms with Crippen molar-refractivity contribution in [3.8, 4) is 11.1 Å². The van der Waals surface area contributed by atoms with Gasteiger partial charge in [0.2, 0.25) is 11.8 Å². The van der Waals surface area contributed by atoms with Crippen LogP contribution in [0.15, 0.2) is 48.5 Å². The van der Waals surface area contributed by atoms with E-state index in [-0.39, 0.29) is 18.6 Å². The number of Topliss-reactive ketones (excluding diaryl/α,β-unsaturated/α-hetero) is 2. The number of rotatable bonds is 26. The summed E-state index contributed by atoms with van der Waals surface area (Å²) in [5, 5.41) is 15.2. The molecule has 0 aliphatic carbocycles. The van der Waals surface area contributed by atoms with Gasteiger partial charge in [-0.3, -0.25) is 19.2 Å². The second-order valence-corrected chi connectivity index (χ2v) is 16.4. The van der Waals surface area contributed by atoms with Gasteiger partial charge in [-0.05, 0) is 97.1 Å². The third-order valence-corrected chi connectivity index (χ3v) is 9.84. The molecule has 0 aliphatic rings. The van der Waals surface area contributed by atoms with Crippen molar-refractivity contribution < 1.29 is 33.8 Å². The molecule has 2 aromatic rings. The summed E-state index contributed by atoms with van der Waals surface area (Å²) in [6.07, 6.45) is 7.09. The van der Waals surface area contributed by atoms with Crippen LogP contribution in [0.2, 0.25) is 0 Å². The predicted octanol–water partition coefficient (Wildman–Crippen LogP) is 8.05. The van der Waals surface area contributed by atoms with Crippen molar-refractivity contribution in [2.24, 2.45) is 11.8 Å². The van der Waals surface area contributed by atoms with E-state index in [4.69, 9.17) is 4.74 Å². The summed E-state index contributed by atoms with van der Waals surface area (Å²) >= 11 is 0. The van der Waals surface area contributed by atoms with Crippen LogP contribution in [0.4, 0.5) is 0 Å². The van der Waals surface area contributed by atoms with Gasteiger partial charge in [0.15, 0.2) is 11.6 Å². The highest BCUT2D eigenvalue weighted by molar-refractivity contribution is 6.00. The number of carbonyl (C=O) groups is 5. The molecule has 3 N–H and O–H groups in total. The minimum atomic E-state index is -1.12. The Hall–Kier alpha value is -3.89. The Kier molecular flexibility index (Phi) is 20.5. The van der Waals surface area contributed by atoms with Crippen molar-refractivity contribution in [2.75, 3.05) is 20.6 Å². The van der Waals surface area contributed by atoms with Gasteiger partial charge in [-0.2, -0.15) is 0 Å². The fourth-order valence-electron chi connectivity index (χ4n) is 6.63. The molecule has 0 radical (unpaired) electrons. The number of nitrogens with one attached hydrogen (secondary N) is 2. The number of ether oxygens (including phenoxy) is 1. The summed E-state index contributed by atoms with van der Waals surface area (Å²) in [7, 11) is 3.97. The van der Waals surface area contributed by atoms with Crippen LogP contribution in [-0.2, 0) is 30.3 Å². The number of amides is 2. The number of carboxylic acids is 1. The number of ketones is 2. The Balaban J connectivity index is 2.26. The number of aliphatic carboxylic acids is 1. The summed E-state index contributed by atoms with van der Waals surface area (Å²) in [5.41, 5.74) is 3.26. The van der Waals surface area contributed by atoms with Gasteiger partial charge in [0, 0.05) is 30.2 Å². The van der Waals surface area contributed by atoms with Crippen molar-refractivity contribution >= 4 is 29.4 Å². The monoisotopic (exact) mass is 764 g/mol. The summed E-state index contributed by atoms with van der Waals surface area (Å²) in [4.78, 5) is 68.7. The Labute approximate surface area is 330 Å². The zero-order valence-corrected chi connectivity index (χ0v) is 35.0. The van der Waals surface area contributed by atoms with E-state index in [9.17, 15) is 29.1 Å². The van der Waals surface area contributed by atoms with Crippen LogP contribution >= 0.6 is 0 Å². The van der Waals surface area contributed by atoms with Crippen molar-refractivity contribution in [3.05, 3.63) is 59.7 Å². The number of unbranched alkanes of at least 4 members (excludes halogenated alkanes) is 4. The van der Waals surface area contributed by atoms with E-state index in [1.807, 2.05) is 53.9 Å². The topological polar surface area (TPSA) is 142 Å². The normalized spacial score (nSPS) is 14.4. The van der Waals surface area contributed by atoms with Gasteiger partial charge in [0.05, 0.1) is 11.7 Å². The number of benzene rings is 2. The number of hydrogen-bond donors (Lipinski definition) is 3. The first-order valence-electron chi connectivity index (χ1n) is 20.4. The highest BCUT2D eigenvalue weighted by Crippen LogP contribution is 2.24. The zero-order valence-electron chi connectivity index (χ0n) is 35.0. The molecule has 0 aromatic heterocycles. The maximum atomic E-state index is 14.1. The largest absolute Gasteiger partial charge is 0.480 e. The molecule has 10 nitrogen and oxygen atoms in total. The van der Waals surface area contributed by atoms with E-state index in [1.54, 1.807) is 26.0 Å². The summed E-state index contributed by atoms with van der Waals surface area (Å²) in [6, 6.07) is 13.8. The fourth-order valence-corrected chi connectivity index (χ4v) is 6.63. The van der Waals surface area contributed by atoms with E-state index < -0.39 is 59.2 Å². The molecule has 10 heteroatoms. The average Bonchev–Trinajstić information content (AvgIpc) is 3.12. The van der Waals surface area contributed by atoms with Crippen LogP contribution in [0.1, 0.15) is 135 Å². The zero-order chi connectivity index (χ0) is 41.1. The third kappa shape index (κ3) is 17.6. The second kappa shape index (κ2) is 23.9. The van der Waals surface area contributed by atoms with E-state index in [1.165, 1.54) is 5.56 Å². The van der Waals surface area contributed by atoms with Crippen molar-refractivity contribution in [2.45, 2.75) is 149 Å². The van der Waals surface area contributed by atoms with Crippen LogP contribution < -0.4 is 10.6 Å². The van der Waals surface area contributed by atoms with Gasteiger partial charge in [0.25, 0.3) is 0 Å². The van der Waals surface area contributed by atoms with Gasteiger partial charge in [0.1, 0.15) is 12.1 Å². The van der Waals surface area contributed by atoms with Gasteiger partial charge in [-0.1, -0.05) is 101 Å². The van der Waals surface area contributed by atoms with E-state index in [0.717, 1.165) is 56.2 Å². The maximum Gasteiger partial charge on any atom is 0.326 e. The van der Waals surface area contributed by atoms with Crippen molar-refractivity contribution in [1.29, 1.82) is 0 Å². The number of nitrogens with zero attached hydrogens (tertiary/aromatic N) is 1. The van der Waals surface area contributed by atoms with E-state index in [2.05, 4.69) is 46.7 Å². The lowest BCUT2D eigenvalue weighted by Gasteiger charge is -2.32. The summed E-state index contributed by atoms with van der Waals surface area (Å²) in [6.45, 7) is 13.9. The number of aryl methyl sites for hydroxylation is 1.